The summed E-state index contributed by atoms with van der Waals surface area (Å²) >= 11 is 0. The Kier molecular flexibility index (Phi) is 2.72. The van der Waals surface area contributed by atoms with Gasteiger partial charge in [-0.3, -0.25) is 0 Å². The molecule has 2 aromatic carbocycles. The Hall–Kier alpha value is -1.26. The molecule has 0 aromatic heterocycles. The summed E-state index contributed by atoms with van der Waals surface area (Å²) in [6.45, 7) is 3.78. The third kappa shape index (κ3) is 1.76. The van der Waals surface area contributed by atoms with Crippen LogP contribution < -0.4 is 0 Å². The Labute approximate surface area is 113 Å². The monoisotopic (exact) mass is 276 g/mol. The van der Waals surface area contributed by atoms with Gasteiger partial charge in [-0.05, 0) is 49.2 Å². The second-order valence-electron chi connectivity index (χ2n) is 4.44. The predicted molar refractivity (Wildman–Crippen MR) is 76.4 cm³/mol. The van der Waals surface area contributed by atoms with Gasteiger partial charge in [0.1, 0.15) is 11.5 Å². The minimum atomic E-state index is 0.298. The smallest absolute Gasteiger partial charge is 0.119 e. The van der Waals surface area contributed by atoms with Gasteiger partial charge in [0, 0.05) is 20.9 Å². The van der Waals surface area contributed by atoms with Crippen LogP contribution in [0, 0.1) is 13.8 Å². The van der Waals surface area contributed by atoms with E-state index in [1.54, 1.807) is 33.7 Å². The van der Waals surface area contributed by atoms with E-state index in [4.69, 9.17) is 0 Å². The second-order valence-corrected chi connectivity index (χ2v) is 6.65. The van der Waals surface area contributed by atoms with E-state index >= 15 is 0 Å². The number of aryl methyl sites for hydroxylation is 2. The molecule has 0 radical (unpaired) electrons. The van der Waals surface area contributed by atoms with Crippen molar-refractivity contribution in [2.75, 3.05) is 0 Å². The van der Waals surface area contributed by atoms with Gasteiger partial charge >= 0.3 is 0 Å². The second kappa shape index (κ2) is 4.14. The zero-order chi connectivity index (χ0) is 12.9. The zero-order valence-corrected chi connectivity index (χ0v) is 11.7. The third-order valence-electron chi connectivity index (χ3n) is 3.11. The summed E-state index contributed by atoms with van der Waals surface area (Å²) in [5.41, 5.74) is 3.74. The number of phenols is 2. The maximum absolute atomic E-state index is 9.85. The molecule has 2 N–H and O–H groups in total. The topological polar surface area (TPSA) is 40.5 Å². The minimum absolute atomic E-state index is 0.298. The molecule has 0 spiro atoms. The third-order valence-corrected chi connectivity index (χ3v) is 5.55. The van der Waals surface area contributed by atoms with Crippen molar-refractivity contribution in [1.29, 1.82) is 0 Å². The molecule has 3 rings (SSSR count). The first-order valence-electron chi connectivity index (χ1n) is 5.58. The Morgan fingerprint density at radius 1 is 0.722 bits per heavy atom. The van der Waals surface area contributed by atoms with Gasteiger partial charge in [0.15, 0.2) is 0 Å². The van der Waals surface area contributed by atoms with Crippen molar-refractivity contribution in [3.63, 3.8) is 0 Å². The van der Waals surface area contributed by atoms with Crippen LogP contribution in [0.4, 0.5) is 0 Å². The van der Waals surface area contributed by atoms with E-state index in [-0.39, 0.29) is 0 Å². The van der Waals surface area contributed by atoms with Crippen molar-refractivity contribution in [1.82, 2.24) is 0 Å². The summed E-state index contributed by atoms with van der Waals surface area (Å²) in [6, 6.07) is 7.54. The first kappa shape index (κ1) is 11.8. The number of fused-ring (bicyclic) bond motifs is 3. The zero-order valence-electron chi connectivity index (χ0n) is 10.0. The van der Waals surface area contributed by atoms with Crippen LogP contribution in [0.3, 0.4) is 0 Å². The van der Waals surface area contributed by atoms with Crippen LogP contribution in [0.5, 0.6) is 11.5 Å². The molecule has 1 heterocycles. The van der Waals surface area contributed by atoms with Crippen molar-refractivity contribution >= 4 is 21.6 Å². The van der Waals surface area contributed by atoms with Crippen molar-refractivity contribution < 1.29 is 10.2 Å². The highest BCUT2D eigenvalue weighted by Crippen LogP contribution is 2.53. The molecule has 2 nitrogen and oxygen atoms in total. The molecule has 4 heteroatoms. The largest absolute Gasteiger partial charge is 0.508 e. The molecule has 1 aliphatic heterocycles. The molecule has 18 heavy (non-hydrogen) atoms. The molecule has 2 aromatic rings. The first-order valence-corrected chi connectivity index (χ1v) is 7.73. The molecule has 0 atom stereocenters. The number of benzene rings is 2. The maximum Gasteiger partial charge on any atom is 0.119 e. The lowest BCUT2D eigenvalue weighted by atomic mass is 10.0. The summed E-state index contributed by atoms with van der Waals surface area (Å²) in [4.78, 5) is 2.26. The Morgan fingerprint density at radius 3 is 1.50 bits per heavy atom. The Bertz CT molecular complexity index is 593. The number of hydrogen-bond donors (Lipinski definition) is 2. The quantitative estimate of drug-likeness (QED) is 0.695. The highest BCUT2D eigenvalue weighted by molar-refractivity contribution is 8.76. The molecular formula is C14H12O2S2. The lowest BCUT2D eigenvalue weighted by molar-refractivity contribution is 0.469. The average Bonchev–Trinajstić information content (AvgIpc) is 2.33. The molecule has 0 saturated heterocycles. The molecule has 0 fully saturated rings. The number of aromatic hydroxyl groups is 2. The van der Waals surface area contributed by atoms with Gasteiger partial charge in [0.05, 0.1) is 0 Å². The van der Waals surface area contributed by atoms with Gasteiger partial charge in [-0.2, -0.15) is 0 Å². The summed E-state index contributed by atoms with van der Waals surface area (Å²) in [7, 11) is 3.39. The number of phenolic OH excluding ortho intramolecular Hbond substituents is 2. The molecule has 0 aliphatic carbocycles. The predicted octanol–water partition coefficient (Wildman–Crippen LogP) is 4.49. The molecule has 0 unspecified atom stereocenters. The minimum Gasteiger partial charge on any atom is -0.508 e. The van der Waals surface area contributed by atoms with Crippen LogP contribution in [0.2, 0.25) is 0 Å². The van der Waals surface area contributed by atoms with Crippen LogP contribution >= 0.6 is 21.6 Å². The summed E-state index contributed by atoms with van der Waals surface area (Å²) in [5, 5.41) is 19.7. The van der Waals surface area contributed by atoms with Crippen LogP contribution in [-0.4, -0.2) is 10.2 Å². The molecule has 0 bridgehead atoms. The Morgan fingerprint density at radius 2 is 1.11 bits per heavy atom. The molecule has 0 amide bonds. The van der Waals surface area contributed by atoms with Gasteiger partial charge in [-0.25, -0.2) is 0 Å². The standard InChI is InChI=1S/C14H12O2S2/c1-7-3-13-9(5-11(7)15)10-6-12(16)8(2)4-14(10)18-17-13/h3-6,15-16H,1-2H3. The van der Waals surface area contributed by atoms with E-state index in [0.717, 1.165) is 32.0 Å². The van der Waals surface area contributed by atoms with Crippen LogP contribution in [-0.2, 0) is 0 Å². The first-order chi connectivity index (χ1) is 8.56. The van der Waals surface area contributed by atoms with E-state index < -0.39 is 0 Å². The van der Waals surface area contributed by atoms with Gasteiger partial charge in [0.25, 0.3) is 0 Å². The molecule has 0 saturated carbocycles. The summed E-state index contributed by atoms with van der Waals surface area (Å²) < 4.78 is 0. The highest BCUT2D eigenvalue weighted by Gasteiger charge is 2.20. The van der Waals surface area contributed by atoms with Crippen molar-refractivity contribution in [3.8, 4) is 22.6 Å². The van der Waals surface area contributed by atoms with E-state index in [1.165, 1.54) is 0 Å². The SMILES string of the molecule is Cc1cc2c(cc1O)-c1cc(O)c(C)cc1SS2. The molecule has 92 valence electrons. The fourth-order valence-electron chi connectivity index (χ4n) is 1.99. The van der Waals surface area contributed by atoms with Crippen molar-refractivity contribution in [2.24, 2.45) is 0 Å². The van der Waals surface area contributed by atoms with E-state index in [9.17, 15) is 10.2 Å². The van der Waals surface area contributed by atoms with E-state index in [1.807, 2.05) is 26.0 Å². The lowest BCUT2D eigenvalue weighted by Crippen LogP contribution is -1.92. The fourth-order valence-corrected chi connectivity index (χ4v) is 4.50. The molecular weight excluding hydrogens is 264 g/mol. The van der Waals surface area contributed by atoms with E-state index in [0.29, 0.717) is 11.5 Å². The van der Waals surface area contributed by atoms with Gasteiger partial charge in [-0.1, -0.05) is 21.6 Å². The average molecular weight is 276 g/mol. The summed E-state index contributed by atoms with van der Waals surface area (Å²) in [5.74, 6) is 0.597. The summed E-state index contributed by atoms with van der Waals surface area (Å²) in [6.07, 6.45) is 0. The number of rotatable bonds is 0. The van der Waals surface area contributed by atoms with E-state index in [2.05, 4.69) is 0 Å². The molecule has 1 aliphatic rings. The van der Waals surface area contributed by atoms with Gasteiger partial charge in [0.2, 0.25) is 0 Å². The van der Waals surface area contributed by atoms with Gasteiger partial charge < -0.3 is 10.2 Å². The number of hydrogen-bond acceptors (Lipinski definition) is 4. The van der Waals surface area contributed by atoms with Crippen LogP contribution in [0.15, 0.2) is 34.1 Å². The Balaban J connectivity index is 2.28. The fraction of sp³-hybridized carbons (Fsp3) is 0.143. The maximum atomic E-state index is 9.85. The van der Waals surface area contributed by atoms with Crippen LogP contribution in [0.25, 0.3) is 11.1 Å². The normalized spacial score (nSPS) is 13.0. The van der Waals surface area contributed by atoms with Crippen molar-refractivity contribution in [3.05, 3.63) is 35.4 Å². The van der Waals surface area contributed by atoms with Crippen LogP contribution in [0.1, 0.15) is 11.1 Å². The van der Waals surface area contributed by atoms with Crippen molar-refractivity contribution in [2.45, 2.75) is 23.6 Å². The lowest BCUT2D eigenvalue weighted by Gasteiger charge is -2.20. The highest BCUT2D eigenvalue weighted by atomic mass is 33.1. The van der Waals surface area contributed by atoms with Gasteiger partial charge in [-0.15, -0.1) is 0 Å².